The van der Waals surface area contributed by atoms with Crippen molar-refractivity contribution >= 4 is 29.1 Å². The van der Waals surface area contributed by atoms with Crippen LogP contribution in [-0.2, 0) is 16.1 Å². The first-order chi connectivity index (χ1) is 14.7. The van der Waals surface area contributed by atoms with Crippen LogP contribution in [0.2, 0.25) is 0 Å². The molecule has 1 heterocycles. The number of hydrazine groups is 1. The van der Waals surface area contributed by atoms with E-state index in [1.54, 1.807) is 0 Å². The maximum atomic E-state index is 12.4. The average Bonchev–Trinajstić information content (AvgIpc) is 3.12. The van der Waals surface area contributed by atoms with E-state index in [0.29, 0.717) is 6.54 Å². The van der Waals surface area contributed by atoms with Crippen molar-refractivity contribution in [1.82, 2.24) is 15.8 Å². The van der Waals surface area contributed by atoms with Gasteiger partial charge < -0.3 is 4.90 Å². The van der Waals surface area contributed by atoms with Crippen LogP contribution in [0.5, 0.6) is 0 Å². The van der Waals surface area contributed by atoms with Gasteiger partial charge in [0.15, 0.2) is 0 Å². The first-order valence-electron chi connectivity index (χ1n) is 9.10. The number of carbonyl (C=O) groups is 3. The lowest BCUT2D eigenvalue weighted by molar-refractivity contribution is -0.394. The Morgan fingerprint density at radius 1 is 1.00 bits per heavy atom. The molecular formula is C19H17N5O7. The van der Waals surface area contributed by atoms with Crippen molar-refractivity contribution in [2.75, 3.05) is 6.54 Å². The Morgan fingerprint density at radius 3 is 2.19 bits per heavy atom. The van der Waals surface area contributed by atoms with Gasteiger partial charge in [0.05, 0.1) is 27.4 Å². The lowest BCUT2D eigenvalue weighted by Gasteiger charge is -2.16. The molecule has 2 aromatic carbocycles. The van der Waals surface area contributed by atoms with Gasteiger partial charge in [-0.3, -0.25) is 45.5 Å². The van der Waals surface area contributed by atoms with Gasteiger partial charge in [0.2, 0.25) is 11.8 Å². The van der Waals surface area contributed by atoms with Gasteiger partial charge in [-0.2, -0.15) is 0 Å². The molecular weight excluding hydrogens is 410 g/mol. The Hall–Kier alpha value is -4.35. The van der Waals surface area contributed by atoms with Crippen molar-refractivity contribution < 1.29 is 24.2 Å². The molecule has 1 aliphatic rings. The number of nitro benzene ring substituents is 2. The minimum atomic E-state index is -0.967. The molecule has 0 bridgehead atoms. The maximum absolute atomic E-state index is 12.4. The van der Waals surface area contributed by atoms with Crippen molar-refractivity contribution in [2.24, 2.45) is 5.92 Å². The fourth-order valence-corrected chi connectivity index (χ4v) is 3.13. The van der Waals surface area contributed by atoms with Gasteiger partial charge in [-0.15, -0.1) is 0 Å². The highest BCUT2D eigenvalue weighted by Crippen LogP contribution is 2.23. The fraction of sp³-hybridized carbons (Fsp3) is 0.211. The molecule has 1 fully saturated rings. The SMILES string of the molecule is O=C(NNC(=O)C1CC(=O)N(Cc2ccccc2)C1)c1cc([N+](=O)[O-])cc([N+](=O)[O-])c1. The maximum Gasteiger partial charge on any atom is 0.277 e. The average molecular weight is 427 g/mol. The van der Waals surface area contributed by atoms with Crippen molar-refractivity contribution in [3.63, 3.8) is 0 Å². The largest absolute Gasteiger partial charge is 0.338 e. The zero-order valence-electron chi connectivity index (χ0n) is 16.0. The summed E-state index contributed by atoms with van der Waals surface area (Å²) in [7, 11) is 0. The minimum Gasteiger partial charge on any atom is -0.338 e. The summed E-state index contributed by atoms with van der Waals surface area (Å²) in [5.74, 6) is -2.48. The van der Waals surface area contributed by atoms with Crippen molar-refractivity contribution in [1.29, 1.82) is 0 Å². The second-order valence-corrected chi connectivity index (χ2v) is 6.86. The Bertz CT molecular complexity index is 1020. The third-order valence-electron chi connectivity index (χ3n) is 4.69. The zero-order valence-corrected chi connectivity index (χ0v) is 16.0. The Kier molecular flexibility index (Phi) is 6.19. The van der Waals surface area contributed by atoms with Crippen LogP contribution < -0.4 is 10.9 Å². The predicted octanol–water partition coefficient (Wildman–Crippen LogP) is 1.31. The Morgan fingerprint density at radius 2 is 1.61 bits per heavy atom. The van der Waals surface area contributed by atoms with Crippen LogP contribution in [0, 0.1) is 26.1 Å². The summed E-state index contributed by atoms with van der Waals surface area (Å²) in [5.41, 5.74) is 3.52. The molecule has 3 amide bonds. The van der Waals surface area contributed by atoms with E-state index in [1.807, 2.05) is 30.3 Å². The fourth-order valence-electron chi connectivity index (χ4n) is 3.13. The molecule has 0 aromatic heterocycles. The second-order valence-electron chi connectivity index (χ2n) is 6.86. The number of nitrogens with one attached hydrogen (secondary N) is 2. The molecule has 2 aromatic rings. The zero-order chi connectivity index (χ0) is 22.5. The molecule has 1 atom stereocenters. The number of nitrogens with zero attached hydrogens (tertiary/aromatic N) is 3. The van der Waals surface area contributed by atoms with Gasteiger partial charge in [-0.05, 0) is 5.56 Å². The van der Waals surface area contributed by atoms with Crippen molar-refractivity contribution in [2.45, 2.75) is 13.0 Å². The van der Waals surface area contributed by atoms with Crippen LogP contribution in [0.15, 0.2) is 48.5 Å². The predicted molar refractivity (Wildman–Crippen MR) is 105 cm³/mol. The standard InChI is InChI=1S/C19H17N5O7/c25-17-8-14(11-22(17)10-12-4-2-1-3-5-12)19(27)21-20-18(26)13-6-15(23(28)29)9-16(7-13)24(30)31/h1-7,9,14H,8,10-11H2,(H,20,26)(H,21,27). The van der Waals surface area contributed by atoms with E-state index in [9.17, 15) is 34.6 Å². The molecule has 0 spiro atoms. The topological polar surface area (TPSA) is 165 Å². The first kappa shape index (κ1) is 21.4. The molecule has 1 saturated heterocycles. The number of likely N-dealkylation sites (tertiary alicyclic amines) is 1. The summed E-state index contributed by atoms with van der Waals surface area (Å²) in [4.78, 5) is 58.4. The van der Waals surface area contributed by atoms with Gasteiger partial charge >= 0.3 is 0 Å². The van der Waals surface area contributed by atoms with E-state index in [1.165, 1.54) is 4.90 Å². The van der Waals surface area contributed by atoms with E-state index in [0.717, 1.165) is 23.8 Å². The first-order valence-corrected chi connectivity index (χ1v) is 9.10. The molecule has 3 rings (SSSR count). The van der Waals surface area contributed by atoms with Crippen LogP contribution >= 0.6 is 0 Å². The Balaban J connectivity index is 1.60. The molecule has 1 aliphatic heterocycles. The number of amides is 3. The number of hydrogen-bond donors (Lipinski definition) is 2. The van der Waals surface area contributed by atoms with Gasteiger partial charge in [0.25, 0.3) is 17.3 Å². The summed E-state index contributed by atoms with van der Waals surface area (Å²) in [6, 6.07) is 11.7. The van der Waals surface area contributed by atoms with E-state index < -0.39 is 39.0 Å². The molecule has 1 unspecified atom stereocenters. The van der Waals surface area contributed by atoms with Crippen LogP contribution in [0.1, 0.15) is 22.3 Å². The molecule has 2 N–H and O–H groups in total. The monoisotopic (exact) mass is 427 g/mol. The van der Waals surface area contributed by atoms with Crippen LogP contribution in [0.25, 0.3) is 0 Å². The molecule has 12 nitrogen and oxygen atoms in total. The molecule has 0 radical (unpaired) electrons. The normalized spacial score (nSPS) is 15.4. The number of rotatable bonds is 6. The van der Waals surface area contributed by atoms with Gasteiger partial charge in [0, 0.05) is 31.6 Å². The lowest BCUT2D eigenvalue weighted by atomic mass is 10.1. The summed E-state index contributed by atoms with van der Waals surface area (Å²) in [6.07, 6.45) is -0.0309. The van der Waals surface area contributed by atoms with Gasteiger partial charge in [-0.1, -0.05) is 30.3 Å². The quantitative estimate of drug-likeness (QED) is 0.518. The van der Waals surface area contributed by atoms with Crippen LogP contribution in [-0.4, -0.2) is 39.0 Å². The minimum absolute atomic E-state index is 0.0309. The van der Waals surface area contributed by atoms with Gasteiger partial charge in [0.1, 0.15) is 0 Å². The van der Waals surface area contributed by atoms with Crippen LogP contribution in [0.3, 0.4) is 0 Å². The molecule has 31 heavy (non-hydrogen) atoms. The lowest BCUT2D eigenvalue weighted by Crippen LogP contribution is -2.45. The number of hydrogen-bond acceptors (Lipinski definition) is 7. The number of nitro groups is 2. The molecule has 0 saturated carbocycles. The highest BCUT2D eigenvalue weighted by atomic mass is 16.6. The summed E-state index contributed by atoms with van der Waals surface area (Å²) in [5, 5.41) is 21.9. The smallest absolute Gasteiger partial charge is 0.277 e. The highest BCUT2D eigenvalue weighted by molar-refractivity contribution is 5.97. The third-order valence-corrected chi connectivity index (χ3v) is 4.69. The van der Waals surface area contributed by atoms with Crippen LogP contribution in [0.4, 0.5) is 11.4 Å². The summed E-state index contributed by atoms with van der Waals surface area (Å²) < 4.78 is 0. The number of benzene rings is 2. The summed E-state index contributed by atoms with van der Waals surface area (Å²) >= 11 is 0. The van der Waals surface area contributed by atoms with Crippen molar-refractivity contribution in [3.8, 4) is 0 Å². The van der Waals surface area contributed by atoms with Crippen molar-refractivity contribution in [3.05, 3.63) is 79.9 Å². The third kappa shape index (κ3) is 5.18. The Labute approximate surface area is 175 Å². The molecule has 0 aliphatic carbocycles. The van der Waals surface area contributed by atoms with Gasteiger partial charge in [-0.25, -0.2) is 0 Å². The number of carbonyl (C=O) groups excluding carboxylic acids is 3. The molecule has 160 valence electrons. The molecule has 12 heteroatoms. The van der Waals surface area contributed by atoms with E-state index in [2.05, 4.69) is 10.9 Å². The van der Waals surface area contributed by atoms with E-state index in [4.69, 9.17) is 0 Å². The van der Waals surface area contributed by atoms with E-state index >= 15 is 0 Å². The number of non-ortho nitro benzene ring substituents is 2. The second kappa shape index (κ2) is 8.98. The van der Waals surface area contributed by atoms with E-state index in [-0.39, 0.29) is 24.4 Å². The highest BCUT2D eigenvalue weighted by Gasteiger charge is 2.34. The summed E-state index contributed by atoms with van der Waals surface area (Å²) in [6.45, 7) is 0.519.